The fourth-order valence-electron chi connectivity index (χ4n) is 2.32. The van der Waals surface area contributed by atoms with E-state index < -0.39 is 0 Å². The first-order chi connectivity index (χ1) is 11.1. The molecule has 0 aliphatic carbocycles. The third-order valence-electron chi connectivity index (χ3n) is 3.56. The summed E-state index contributed by atoms with van der Waals surface area (Å²) >= 11 is 11.9. The van der Waals surface area contributed by atoms with Crippen molar-refractivity contribution in [2.24, 2.45) is 5.10 Å². The summed E-state index contributed by atoms with van der Waals surface area (Å²) in [4.78, 5) is 0. The lowest BCUT2D eigenvalue weighted by Crippen LogP contribution is -2.00. The van der Waals surface area contributed by atoms with E-state index in [-0.39, 0.29) is 5.75 Å². The van der Waals surface area contributed by atoms with Crippen molar-refractivity contribution in [3.63, 3.8) is 0 Å². The molecule has 0 spiro atoms. The molecule has 5 heteroatoms. The third-order valence-corrected chi connectivity index (χ3v) is 4.30. The number of hydrogen-bond acceptors (Lipinski definition) is 3. The predicted molar refractivity (Wildman–Crippen MR) is 97.9 cm³/mol. The van der Waals surface area contributed by atoms with Crippen LogP contribution in [0.4, 0.5) is 5.69 Å². The van der Waals surface area contributed by atoms with E-state index in [1.54, 1.807) is 18.2 Å². The maximum atomic E-state index is 10.5. The van der Waals surface area contributed by atoms with Gasteiger partial charge in [-0.2, -0.15) is 5.10 Å². The van der Waals surface area contributed by atoms with E-state index in [9.17, 15) is 5.11 Å². The first kappa shape index (κ1) is 15.7. The average molecular weight is 345 g/mol. The number of hydrogen-bond donors (Lipinski definition) is 2. The minimum absolute atomic E-state index is 0.222. The van der Waals surface area contributed by atoms with Crippen molar-refractivity contribution in [3.8, 4) is 5.75 Å². The molecule has 0 aliphatic rings. The monoisotopic (exact) mass is 344 g/mol. The Kier molecular flexibility index (Phi) is 4.42. The smallest absolute Gasteiger partial charge is 0.132 e. The van der Waals surface area contributed by atoms with Crippen LogP contribution in [-0.2, 0) is 0 Å². The molecule has 3 nitrogen and oxygen atoms in total. The Morgan fingerprint density at radius 1 is 1.00 bits per heavy atom. The number of halogens is 2. The molecule has 2 N–H and O–H groups in total. The summed E-state index contributed by atoms with van der Waals surface area (Å²) in [6.07, 6.45) is 0. The molecule has 0 unspecified atom stereocenters. The van der Waals surface area contributed by atoms with Crippen molar-refractivity contribution in [2.75, 3.05) is 5.43 Å². The van der Waals surface area contributed by atoms with Gasteiger partial charge in [0, 0.05) is 10.9 Å². The molecule has 0 atom stereocenters. The molecule has 23 heavy (non-hydrogen) atoms. The highest BCUT2D eigenvalue weighted by Crippen LogP contribution is 2.29. The number of hydrazone groups is 1. The molecule has 0 amide bonds. The van der Waals surface area contributed by atoms with Gasteiger partial charge in [-0.05, 0) is 36.6 Å². The van der Waals surface area contributed by atoms with Gasteiger partial charge in [0.15, 0.2) is 0 Å². The average Bonchev–Trinajstić information content (AvgIpc) is 2.56. The number of rotatable bonds is 3. The molecule has 0 fully saturated rings. The van der Waals surface area contributed by atoms with E-state index in [4.69, 9.17) is 23.2 Å². The first-order valence-electron chi connectivity index (χ1n) is 7.02. The molecule has 0 bridgehead atoms. The topological polar surface area (TPSA) is 44.6 Å². The van der Waals surface area contributed by atoms with E-state index in [1.807, 2.05) is 43.3 Å². The molecule has 0 saturated heterocycles. The molecular weight excluding hydrogens is 331 g/mol. The van der Waals surface area contributed by atoms with E-state index in [2.05, 4.69) is 10.5 Å². The molecule has 3 rings (SSSR count). The van der Waals surface area contributed by atoms with Crippen molar-refractivity contribution in [1.82, 2.24) is 0 Å². The summed E-state index contributed by atoms with van der Waals surface area (Å²) in [6, 6.07) is 16.7. The molecule has 0 saturated carbocycles. The highest BCUT2D eigenvalue weighted by molar-refractivity contribution is 6.42. The van der Waals surface area contributed by atoms with Crippen molar-refractivity contribution in [2.45, 2.75) is 6.92 Å². The van der Waals surface area contributed by atoms with Crippen LogP contribution in [0.2, 0.25) is 10.0 Å². The van der Waals surface area contributed by atoms with Gasteiger partial charge >= 0.3 is 0 Å². The van der Waals surface area contributed by atoms with Crippen molar-refractivity contribution in [1.29, 1.82) is 0 Å². The Morgan fingerprint density at radius 3 is 2.57 bits per heavy atom. The Hall–Kier alpha value is -2.23. The fourth-order valence-corrected chi connectivity index (χ4v) is 2.62. The summed E-state index contributed by atoms with van der Waals surface area (Å²) < 4.78 is 0. The molecule has 0 radical (unpaired) electrons. The first-order valence-corrected chi connectivity index (χ1v) is 7.78. The van der Waals surface area contributed by atoms with Crippen LogP contribution in [0.1, 0.15) is 12.5 Å². The quantitative estimate of drug-likeness (QED) is 0.473. The normalized spacial score (nSPS) is 11.7. The number of nitrogens with zero attached hydrogens (tertiary/aromatic N) is 1. The number of phenols is 1. The number of nitrogens with one attached hydrogen (secondary N) is 1. The summed E-state index contributed by atoms with van der Waals surface area (Å²) in [5.41, 5.74) is 4.98. The van der Waals surface area contributed by atoms with Crippen LogP contribution < -0.4 is 5.43 Å². The second-order valence-electron chi connectivity index (χ2n) is 5.12. The van der Waals surface area contributed by atoms with Crippen LogP contribution in [0.25, 0.3) is 10.8 Å². The Morgan fingerprint density at radius 2 is 1.78 bits per heavy atom. The summed E-state index contributed by atoms with van der Waals surface area (Å²) in [5.74, 6) is 0.222. The lowest BCUT2D eigenvalue weighted by Gasteiger charge is -2.09. The van der Waals surface area contributed by atoms with E-state index in [0.29, 0.717) is 21.3 Å². The second-order valence-corrected chi connectivity index (χ2v) is 5.94. The summed E-state index contributed by atoms with van der Waals surface area (Å²) in [6.45, 7) is 1.83. The van der Waals surface area contributed by atoms with Crippen LogP contribution in [-0.4, -0.2) is 10.8 Å². The summed E-state index contributed by atoms with van der Waals surface area (Å²) in [7, 11) is 0. The van der Waals surface area contributed by atoms with E-state index in [0.717, 1.165) is 16.5 Å². The minimum atomic E-state index is 0.222. The zero-order chi connectivity index (χ0) is 16.4. The lowest BCUT2D eigenvalue weighted by molar-refractivity contribution is 0.480. The number of phenolic OH excluding ortho intramolecular Hbond substituents is 1. The SMILES string of the molecule is C/C(=N\Nc1ccc(Cl)c(Cl)c1)c1ccc2ccccc2c1O. The van der Waals surface area contributed by atoms with Crippen LogP contribution in [0.3, 0.4) is 0 Å². The molecule has 0 heterocycles. The van der Waals surface area contributed by atoms with Gasteiger partial charge in [0.05, 0.1) is 21.4 Å². The molecule has 3 aromatic carbocycles. The van der Waals surface area contributed by atoms with Gasteiger partial charge in [0.2, 0.25) is 0 Å². The number of fused-ring (bicyclic) bond motifs is 1. The van der Waals surface area contributed by atoms with E-state index in [1.165, 1.54) is 0 Å². The van der Waals surface area contributed by atoms with Crippen LogP contribution in [0.5, 0.6) is 5.75 Å². The van der Waals surface area contributed by atoms with Crippen molar-refractivity contribution >= 4 is 45.4 Å². The molecule has 0 aromatic heterocycles. The summed E-state index contributed by atoms with van der Waals surface area (Å²) in [5, 5.41) is 17.5. The van der Waals surface area contributed by atoms with Gasteiger partial charge in [-0.3, -0.25) is 5.43 Å². The molecular formula is C18H14Cl2N2O. The minimum Gasteiger partial charge on any atom is -0.507 e. The van der Waals surface area contributed by atoms with Gasteiger partial charge in [0.25, 0.3) is 0 Å². The maximum Gasteiger partial charge on any atom is 0.132 e. The number of aromatic hydroxyl groups is 1. The third kappa shape index (κ3) is 3.26. The number of benzene rings is 3. The van der Waals surface area contributed by atoms with Crippen LogP contribution >= 0.6 is 23.2 Å². The van der Waals surface area contributed by atoms with Gasteiger partial charge in [-0.25, -0.2) is 0 Å². The van der Waals surface area contributed by atoms with Gasteiger partial charge in [-0.1, -0.05) is 53.5 Å². The Bertz CT molecular complexity index is 907. The Labute approximate surface area is 144 Å². The highest BCUT2D eigenvalue weighted by atomic mass is 35.5. The molecule has 3 aromatic rings. The standard InChI is InChI=1S/C18H14Cl2N2O/c1-11(21-22-13-7-9-16(19)17(20)10-13)14-8-6-12-4-2-3-5-15(12)18(14)23/h2-10,22-23H,1H3/b21-11+. The van der Waals surface area contributed by atoms with Crippen LogP contribution in [0.15, 0.2) is 59.7 Å². The fraction of sp³-hybridized carbons (Fsp3) is 0.0556. The number of anilines is 1. The van der Waals surface area contributed by atoms with Gasteiger partial charge in [0.1, 0.15) is 5.75 Å². The van der Waals surface area contributed by atoms with Crippen molar-refractivity contribution in [3.05, 3.63) is 70.2 Å². The maximum absolute atomic E-state index is 10.5. The Balaban J connectivity index is 1.91. The highest BCUT2D eigenvalue weighted by Gasteiger charge is 2.08. The lowest BCUT2D eigenvalue weighted by atomic mass is 10.0. The largest absolute Gasteiger partial charge is 0.507 e. The zero-order valence-corrected chi connectivity index (χ0v) is 13.9. The van der Waals surface area contributed by atoms with Crippen LogP contribution in [0, 0.1) is 0 Å². The predicted octanol–water partition coefficient (Wildman–Crippen LogP) is 5.69. The van der Waals surface area contributed by atoms with Crippen molar-refractivity contribution < 1.29 is 5.11 Å². The molecule has 0 aliphatic heterocycles. The van der Waals surface area contributed by atoms with Gasteiger partial charge in [-0.15, -0.1) is 0 Å². The molecule has 116 valence electrons. The van der Waals surface area contributed by atoms with E-state index >= 15 is 0 Å². The second kappa shape index (κ2) is 6.49. The van der Waals surface area contributed by atoms with Gasteiger partial charge < -0.3 is 5.11 Å². The zero-order valence-electron chi connectivity index (χ0n) is 12.3.